The molecule has 0 aromatic carbocycles. The molecule has 2 aliphatic heterocycles. The summed E-state index contributed by atoms with van der Waals surface area (Å²) in [6.07, 6.45) is 11.3. The van der Waals surface area contributed by atoms with Crippen LogP contribution in [0.5, 0.6) is 0 Å². The molecule has 2 saturated heterocycles. The highest BCUT2D eigenvalue weighted by molar-refractivity contribution is 7.19. The van der Waals surface area contributed by atoms with Gasteiger partial charge in [0.1, 0.15) is 16.5 Å². The number of thiophene rings is 1. The summed E-state index contributed by atoms with van der Waals surface area (Å²) in [4.78, 5) is 15.6. The summed E-state index contributed by atoms with van der Waals surface area (Å²) >= 11 is 1.94. The lowest BCUT2D eigenvalue weighted by atomic mass is 9.96. The van der Waals surface area contributed by atoms with E-state index in [0.717, 1.165) is 30.8 Å². The van der Waals surface area contributed by atoms with E-state index in [9.17, 15) is 0 Å². The van der Waals surface area contributed by atoms with Crippen molar-refractivity contribution < 1.29 is 4.74 Å². The van der Waals surface area contributed by atoms with E-state index >= 15 is 0 Å². The molecular formula is C23H32N4OS. The highest BCUT2D eigenvalue weighted by Gasteiger charge is 2.30. The lowest BCUT2D eigenvalue weighted by Crippen LogP contribution is -2.41. The maximum atomic E-state index is 5.56. The van der Waals surface area contributed by atoms with Crippen molar-refractivity contribution >= 4 is 27.4 Å². The molecule has 6 rings (SSSR count). The fourth-order valence-electron chi connectivity index (χ4n) is 5.35. The molecule has 2 aliphatic carbocycles. The Bertz CT molecular complexity index is 879. The van der Waals surface area contributed by atoms with Gasteiger partial charge in [-0.1, -0.05) is 0 Å². The molecule has 1 unspecified atom stereocenters. The predicted octanol–water partition coefficient (Wildman–Crippen LogP) is 4.36. The van der Waals surface area contributed by atoms with Gasteiger partial charge in [-0.15, -0.1) is 11.3 Å². The van der Waals surface area contributed by atoms with Crippen LogP contribution in [0.4, 0.5) is 5.82 Å². The van der Waals surface area contributed by atoms with E-state index in [2.05, 4.69) is 10.2 Å². The van der Waals surface area contributed by atoms with Crippen molar-refractivity contribution in [2.45, 2.75) is 69.7 Å². The molecule has 156 valence electrons. The molecule has 4 aliphatic rings. The largest absolute Gasteiger partial charge is 0.381 e. The second-order valence-corrected chi connectivity index (χ2v) is 10.6. The maximum Gasteiger partial charge on any atom is 0.139 e. The summed E-state index contributed by atoms with van der Waals surface area (Å²) < 4.78 is 5.56. The normalized spacial score (nSPS) is 26.1. The molecule has 3 fully saturated rings. The zero-order valence-corrected chi connectivity index (χ0v) is 18.1. The van der Waals surface area contributed by atoms with Crippen molar-refractivity contribution in [1.29, 1.82) is 0 Å². The SMILES string of the molecule is C1CCc2c(sc3nc(C4CC4)nc(NC4CCN(CC5CCOC5)CC4)c23)C1. The number of likely N-dealkylation sites (tertiary alicyclic amines) is 1. The fourth-order valence-corrected chi connectivity index (χ4v) is 6.62. The van der Waals surface area contributed by atoms with E-state index in [4.69, 9.17) is 14.7 Å². The Hall–Kier alpha value is -1.24. The average molecular weight is 413 g/mol. The Morgan fingerprint density at radius 2 is 1.90 bits per heavy atom. The fraction of sp³-hybridized carbons (Fsp3) is 0.739. The van der Waals surface area contributed by atoms with Gasteiger partial charge in [0.05, 0.1) is 12.0 Å². The van der Waals surface area contributed by atoms with E-state index < -0.39 is 0 Å². The molecule has 1 N–H and O–H groups in total. The summed E-state index contributed by atoms with van der Waals surface area (Å²) in [6.45, 7) is 5.53. The van der Waals surface area contributed by atoms with Crippen LogP contribution in [0, 0.1) is 5.92 Å². The van der Waals surface area contributed by atoms with Gasteiger partial charge in [0.2, 0.25) is 0 Å². The molecule has 0 amide bonds. The Balaban J connectivity index is 1.21. The lowest BCUT2D eigenvalue weighted by Gasteiger charge is -2.34. The number of anilines is 1. The third kappa shape index (κ3) is 3.79. The molecule has 29 heavy (non-hydrogen) atoms. The Morgan fingerprint density at radius 3 is 2.69 bits per heavy atom. The van der Waals surface area contributed by atoms with Gasteiger partial charge in [-0.2, -0.15) is 0 Å². The second-order valence-electron chi connectivity index (χ2n) is 9.54. The van der Waals surface area contributed by atoms with Gasteiger partial charge in [0.15, 0.2) is 0 Å². The van der Waals surface area contributed by atoms with Gasteiger partial charge < -0.3 is 15.0 Å². The van der Waals surface area contributed by atoms with Crippen molar-refractivity contribution in [2.24, 2.45) is 5.92 Å². The molecule has 1 saturated carbocycles. The molecule has 0 bridgehead atoms. The Kier molecular flexibility index (Phi) is 4.97. The molecule has 0 radical (unpaired) electrons. The topological polar surface area (TPSA) is 50.3 Å². The van der Waals surface area contributed by atoms with E-state index in [0.29, 0.717) is 12.0 Å². The summed E-state index contributed by atoms with van der Waals surface area (Å²) in [7, 11) is 0. The van der Waals surface area contributed by atoms with Crippen molar-refractivity contribution in [1.82, 2.24) is 14.9 Å². The van der Waals surface area contributed by atoms with Crippen molar-refractivity contribution in [3.63, 3.8) is 0 Å². The van der Waals surface area contributed by atoms with Crippen LogP contribution in [-0.2, 0) is 17.6 Å². The molecule has 0 spiro atoms. The average Bonchev–Trinajstić information content (AvgIpc) is 3.34. The molecular weight excluding hydrogens is 380 g/mol. The van der Waals surface area contributed by atoms with Gasteiger partial charge in [-0.05, 0) is 69.3 Å². The van der Waals surface area contributed by atoms with Crippen LogP contribution in [0.25, 0.3) is 10.2 Å². The van der Waals surface area contributed by atoms with Gasteiger partial charge >= 0.3 is 0 Å². The first-order valence-electron chi connectivity index (χ1n) is 11.7. The molecule has 4 heterocycles. The van der Waals surface area contributed by atoms with E-state index in [1.54, 1.807) is 10.4 Å². The monoisotopic (exact) mass is 412 g/mol. The van der Waals surface area contributed by atoms with Crippen LogP contribution in [0.1, 0.15) is 67.1 Å². The smallest absolute Gasteiger partial charge is 0.139 e. The van der Waals surface area contributed by atoms with Crippen molar-refractivity contribution in [3.05, 3.63) is 16.3 Å². The van der Waals surface area contributed by atoms with Crippen molar-refractivity contribution in [2.75, 3.05) is 38.2 Å². The minimum absolute atomic E-state index is 0.537. The number of hydrogen-bond donors (Lipinski definition) is 1. The summed E-state index contributed by atoms with van der Waals surface area (Å²) in [6, 6.07) is 0.537. The maximum absolute atomic E-state index is 5.56. The first-order chi connectivity index (χ1) is 14.3. The number of nitrogens with zero attached hydrogens (tertiary/aromatic N) is 3. The summed E-state index contributed by atoms with van der Waals surface area (Å²) in [5, 5.41) is 5.26. The Labute approximate surface area is 177 Å². The summed E-state index contributed by atoms with van der Waals surface area (Å²) in [5.74, 6) is 3.60. The zero-order valence-electron chi connectivity index (χ0n) is 17.3. The van der Waals surface area contributed by atoms with Crippen LogP contribution < -0.4 is 5.32 Å². The third-order valence-corrected chi connectivity index (χ3v) is 8.43. The number of fused-ring (bicyclic) bond motifs is 3. The van der Waals surface area contributed by atoms with Gasteiger partial charge in [-0.3, -0.25) is 0 Å². The van der Waals surface area contributed by atoms with Crippen LogP contribution in [0.3, 0.4) is 0 Å². The third-order valence-electron chi connectivity index (χ3n) is 7.24. The Morgan fingerprint density at radius 1 is 1.03 bits per heavy atom. The van der Waals surface area contributed by atoms with E-state index in [1.165, 1.54) is 87.6 Å². The molecule has 1 atom stereocenters. The van der Waals surface area contributed by atoms with Gasteiger partial charge in [-0.25, -0.2) is 9.97 Å². The van der Waals surface area contributed by atoms with E-state index in [1.807, 2.05) is 11.3 Å². The zero-order chi connectivity index (χ0) is 19.2. The van der Waals surface area contributed by atoms with Gasteiger partial charge in [0, 0.05) is 43.1 Å². The minimum Gasteiger partial charge on any atom is -0.381 e. The summed E-state index contributed by atoms with van der Waals surface area (Å²) in [5.41, 5.74) is 1.56. The standard InChI is InChI=1S/C23H32N4OS/c1-2-4-19-18(3-1)20-22(25-21(16-5-6-16)26-23(20)29-19)24-17-7-10-27(11-8-17)13-15-9-12-28-14-15/h15-17H,1-14H2,(H,24,25,26). The molecule has 2 aromatic rings. The van der Waals surface area contributed by atoms with Crippen LogP contribution in [0.2, 0.25) is 0 Å². The predicted molar refractivity (Wildman–Crippen MR) is 118 cm³/mol. The molecule has 5 nitrogen and oxygen atoms in total. The quantitative estimate of drug-likeness (QED) is 0.791. The number of aryl methyl sites for hydroxylation is 2. The number of ether oxygens (including phenoxy) is 1. The number of rotatable bonds is 5. The lowest BCUT2D eigenvalue weighted by molar-refractivity contribution is 0.154. The number of aromatic nitrogens is 2. The highest BCUT2D eigenvalue weighted by atomic mass is 32.1. The van der Waals surface area contributed by atoms with Crippen LogP contribution >= 0.6 is 11.3 Å². The first-order valence-corrected chi connectivity index (χ1v) is 12.5. The number of nitrogens with one attached hydrogen (secondary N) is 1. The van der Waals surface area contributed by atoms with Crippen LogP contribution in [0.15, 0.2) is 0 Å². The van der Waals surface area contributed by atoms with Crippen LogP contribution in [-0.4, -0.2) is 53.8 Å². The number of piperidine rings is 1. The van der Waals surface area contributed by atoms with Gasteiger partial charge in [0.25, 0.3) is 0 Å². The second kappa shape index (κ2) is 7.78. The minimum atomic E-state index is 0.537. The molecule has 2 aromatic heterocycles. The van der Waals surface area contributed by atoms with E-state index in [-0.39, 0.29) is 0 Å². The highest BCUT2D eigenvalue weighted by Crippen LogP contribution is 2.43. The first kappa shape index (κ1) is 18.5. The number of hydrogen-bond acceptors (Lipinski definition) is 6. The van der Waals surface area contributed by atoms with Crippen molar-refractivity contribution in [3.8, 4) is 0 Å². The molecule has 6 heteroatoms.